The van der Waals surface area contributed by atoms with E-state index in [0.29, 0.717) is 19.0 Å². The number of carbonyl (C=O) groups is 2. The second kappa shape index (κ2) is 7.73. The summed E-state index contributed by atoms with van der Waals surface area (Å²) in [5, 5.41) is 2.98. The largest absolute Gasteiger partial charge is 0.352 e. The summed E-state index contributed by atoms with van der Waals surface area (Å²) in [6.45, 7) is 7.21. The molecule has 1 fully saturated rings. The van der Waals surface area contributed by atoms with Crippen molar-refractivity contribution in [2.24, 2.45) is 5.92 Å². The summed E-state index contributed by atoms with van der Waals surface area (Å²) in [5.41, 5.74) is 4.32. The number of carbonyl (C=O) groups excluding carboxylic acids is 2. The van der Waals surface area contributed by atoms with E-state index in [-0.39, 0.29) is 24.2 Å². The number of nitrogens with one attached hydrogen (secondary N) is 1. The van der Waals surface area contributed by atoms with Gasteiger partial charge in [0.1, 0.15) is 0 Å². The predicted molar refractivity (Wildman–Crippen MR) is 104 cm³/mol. The first-order valence-electron chi connectivity index (χ1n) is 9.18. The van der Waals surface area contributed by atoms with Crippen LogP contribution in [-0.4, -0.2) is 18.4 Å². The van der Waals surface area contributed by atoms with Gasteiger partial charge in [0.25, 0.3) is 0 Å². The molecule has 1 N–H and O–H groups in total. The van der Waals surface area contributed by atoms with Gasteiger partial charge in [0, 0.05) is 25.2 Å². The lowest BCUT2D eigenvalue weighted by Gasteiger charge is -2.22. The van der Waals surface area contributed by atoms with Crippen molar-refractivity contribution in [1.82, 2.24) is 5.32 Å². The number of amides is 2. The third-order valence-corrected chi connectivity index (χ3v) is 4.89. The standard InChI is InChI=1S/C22H26N2O2/c1-15(2)19-9-4-5-10-20(19)24-14-18(12-21(24)25)22(26)23-13-17-8-6-7-16(3)11-17/h4-11,15,18H,12-14H2,1-3H3,(H,23,26). The zero-order chi connectivity index (χ0) is 18.7. The third kappa shape index (κ3) is 3.96. The molecular weight excluding hydrogens is 324 g/mol. The predicted octanol–water partition coefficient (Wildman–Crippen LogP) is 3.79. The molecule has 2 amide bonds. The molecule has 4 nitrogen and oxygen atoms in total. The average molecular weight is 350 g/mol. The molecule has 0 bridgehead atoms. The molecule has 1 heterocycles. The summed E-state index contributed by atoms with van der Waals surface area (Å²) in [6.07, 6.45) is 0.270. The van der Waals surface area contributed by atoms with Gasteiger partial charge in [0.05, 0.1) is 5.92 Å². The molecule has 26 heavy (non-hydrogen) atoms. The van der Waals surface area contributed by atoms with Crippen LogP contribution in [0.3, 0.4) is 0 Å². The van der Waals surface area contributed by atoms with Gasteiger partial charge in [-0.3, -0.25) is 9.59 Å². The zero-order valence-electron chi connectivity index (χ0n) is 15.7. The van der Waals surface area contributed by atoms with Gasteiger partial charge >= 0.3 is 0 Å². The highest BCUT2D eigenvalue weighted by molar-refractivity contribution is 6.00. The van der Waals surface area contributed by atoms with E-state index in [1.54, 1.807) is 4.90 Å². The van der Waals surface area contributed by atoms with E-state index in [2.05, 4.69) is 31.3 Å². The molecule has 1 aliphatic heterocycles. The zero-order valence-corrected chi connectivity index (χ0v) is 15.7. The molecule has 1 aliphatic rings. The Morgan fingerprint density at radius 2 is 1.96 bits per heavy atom. The van der Waals surface area contributed by atoms with E-state index in [4.69, 9.17) is 0 Å². The summed E-state index contributed by atoms with van der Waals surface area (Å²) in [6, 6.07) is 16.0. The molecule has 0 saturated carbocycles. The highest BCUT2D eigenvalue weighted by Gasteiger charge is 2.35. The minimum absolute atomic E-state index is 0.0220. The quantitative estimate of drug-likeness (QED) is 0.892. The molecule has 2 aromatic carbocycles. The number of benzene rings is 2. The molecule has 4 heteroatoms. The Labute approximate surface area is 155 Å². The normalized spacial score (nSPS) is 17.0. The van der Waals surface area contributed by atoms with Crippen LogP contribution in [0, 0.1) is 12.8 Å². The first kappa shape index (κ1) is 18.2. The molecular formula is C22H26N2O2. The third-order valence-electron chi connectivity index (χ3n) is 4.89. The van der Waals surface area contributed by atoms with Crippen LogP contribution in [0.2, 0.25) is 0 Å². The number of para-hydroxylation sites is 1. The van der Waals surface area contributed by atoms with E-state index in [1.165, 1.54) is 5.56 Å². The van der Waals surface area contributed by atoms with Crippen LogP contribution in [0.1, 0.15) is 42.9 Å². The number of aryl methyl sites for hydroxylation is 1. The molecule has 0 radical (unpaired) electrons. The number of rotatable bonds is 5. The van der Waals surface area contributed by atoms with Crippen LogP contribution in [0.15, 0.2) is 48.5 Å². The van der Waals surface area contributed by atoms with Gasteiger partial charge in [0.2, 0.25) is 11.8 Å². The monoisotopic (exact) mass is 350 g/mol. The number of nitrogens with zero attached hydrogens (tertiary/aromatic N) is 1. The fourth-order valence-electron chi connectivity index (χ4n) is 3.49. The maximum atomic E-state index is 12.6. The number of hydrogen-bond donors (Lipinski definition) is 1. The second-order valence-corrected chi connectivity index (χ2v) is 7.33. The van der Waals surface area contributed by atoms with Crippen molar-refractivity contribution >= 4 is 17.5 Å². The molecule has 1 unspecified atom stereocenters. The van der Waals surface area contributed by atoms with Crippen molar-refractivity contribution in [3.05, 3.63) is 65.2 Å². The first-order chi connectivity index (χ1) is 12.5. The molecule has 0 spiro atoms. The van der Waals surface area contributed by atoms with E-state index >= 15 is 0 Å². The Morgan fingerprint density at radius 3 is 2.69 bits per heavy atom. The Balaban J connectivity index is 1.67. The van der Waals surface area contributed by atoms with E-state index in [0.717, 1.165) is 16.8 Å². The highest BCUT2D eigenvalue weighted by Crippen LogP contribution is 2.32. The van der Waals surface area contributed by atoms with Gasteiger partial charge in [-0.2, -0.15) is 0 Å². The maximum Gasteiger partial charge on any atom is 0.227 e. The molecule has 3 rings (SSSR count). The molecule has 0 aromatic heterocycles. The van der Waals surface area contributed by atoms with Crippen LogP contribution >= 0.6 is 0 Å². The van der Waals surface area contributed by atoms with E-state index in [1.807, 2.05) is 43.3 Å². The molecule has 1 saturated heterocycles. The molecule has 136 valence electrons. The smallest absolute Gasteiger partial charge is 0.227 e. The van der Waals surface area contributed by atoms with E-state index in [9.17, 15) is 9.59 Å². The Hall–Kier alpha value is -2.62. The summed E-state index contributed by atoms with van der Waals surface area (Å²) >= 11 is 0. The Kier molecular flexibility index (Phi) is 5.40. The molecule has 1 atom stereocenters. The second-order valence-electron chi connectivity index (χ2n) is 7.33. The first-order valence-corrected chi connectivity index (χ1v) is 9.18. The van der Waals surface area contributed by atoms with Crippen LogP contribution < -0.4 is 10.2 Å². The van der Waals surface area contributed by atoms with Crippen LogP contribution in [0.4, 0.5) is 5.69 Å². The van der Waals surface area contributed by atoms with Gasteiger partial charge in [-0.1, -0.05) is 61.9 Å². The van der Waals surface area contributed by atoms with Gasteiger partial charge in [-0.15, -0.1) is 0 Å². The topological polar surface area (TPSA) is 49.4 Å². The number of hydrogen-bond acceptors (Lipinski definition) is 2. The summed E-state index contributed by atoms with van der Waals surface area (Å²) in [7, 11) is 0. The molecule has 0 aliphatic carbocycles. The highest BCUT2D eigenvalue weighted by atomic mass is 16.2. The van der Waals surface area contributed by atoms with Crippen molar-refractivity contribution in [3.8, 4) is 0 Å². The van der Waals surface area contributed by atoms with Crippen LogP contribution in [0.5, 0.6) is 0 Å². The lowest BCUT2D eigenvalue weighted by molar-refractivity contribution is -0.126. The van der Waals surface area contributed by atoms with Crippen molar-refractivity contribution in [1.29, 1.82) is 0 Å². The summed E-state index contributed by atoms with van der Waals surface area (Å²) in [4.78, 5) is 26.9. The van der Waals surface area contributed by atoms with Crippen molar-refractivity contribution in [3.63, 3.8) is 0 Å². The fraction of sp³-hybridized carbons (Fsp3) is 0.364. The Bertz CT molecular complexity index is 813. The van der Waals surface area contributed by atoms with Crippen molar-refractivity contribution in [2.75, 3.05) is 11.4 Å². The van der Waals surface area contributed by atoms with Gasteiger partial charge in [0.15, 0.2) is 0 Å². The SMILES string of the molecule is Cc1cccc(CNC(=O)C2CC(=O)N(c3ccccc3C(C)C)C2)c1. The van der Waals surface area contributed by atoms with Crippen LogP contribution in [0.25, 0.3) is 0 Å². The van der Waals surface area contributed by atoms with E-state index < -0.39 is 0 Å². The van der Waals surface area contributed by atoms with Crippen molar-refractivity contribution < 1.29 is 9.59 Å². The van der Waals surface area contributed by atoms with Gasteiger partial charge in [-0.05, 0) is 30.0 Å². The lowest BCUT2D eigenvalue weighted by Crippen LogP contribution is -2.32. The summed E-state index contributed by atoms with van der Waals surface area (Å²) < 4.78 is 0. The van der Waals surface area contributed by atoms with Gasteiger partial charge < -0.3 is 10.2 Å². The Morgan fingerprint density at radius 1 is 1.19 bits per heavy atom. The molecule has 2 aromatic rings. The minimum atomic E-state index is -0.299. The maximum absolute atomic E-state index is 12.6. The van der Waals surface area contributed by atoms with Gasteiger partial charge in [-0.25, -0.2) is 0 Å². The minimum Gasteiger partial charge on any atom is -0.352 e. The fourth-order valence-corrected chi connectivity index (χ4v) is 3.49. The summed E-state index contributed by atoms with van der Waals surface area (Å²) in [5.74, 6) is -0.00101. The van der Waals surface area contributed by atoms with Crippen LogP contribution in [-0.2, 0) is 16.1 Å². The number of anilines is 1. The average Bonchev–Trinajstić information content (AvgIpc) is 3.01. The van der Waals surface area contributed by atoms with Crippen molar-refractivity contribution in [2.45, 2.75) is 39.7 Å². The lowest BCUT2D eigenvalue weighted by atomic mass is 10.0.